The van der Waals surface area contributed by atoms with Gasteiger partial charge in [-0.15, -0.1) is 0 Å². The quantitative estimate of drug-likeness (QED) is 0.676. The smallest absolute Gasteiger partial charge is 0.336 e. The summed E-state index contributed by atoms with van der Waals surface area (Å²) < 4.78 is 16.6. The number of hydrogen-bond donors (Lipinski definition) is 0. The molecule has 3 aromatic rings. The van der Waals surface area contributed by atoms with Crippen LogP contribution in [0.4, 0.5) is 5.69 Å². The third-order valence-electron chi connectivity index (χ3n) is 4.32. The fourth-order valence-corrected chi connectivity index (χ4v) is 3.06. The summed E-state index contributed by atoms with van der Waals surface area (Å²) in [5.41, 5.74) is 3.05. The highest BCUT2D eigenvalue weighted by Crippen LogP contribution is 2.35. The predicted octanol–water partition coefficient (Wildman–Crippen LogP) is 3.47. The molecule has 1 aliphatic rings. The molecular weight excluding hydrogens is 306 g/mol. The van der Waals surface area contributed by atoms with Crippen LogP contribution in [-0.4, -0.2) is 13.8 Å². The zero-order valence-electron chi connectivity index (χ0n) is 13.5. The molecule has 4 rings (SSSR count). The van der Waals surface area contributed by atoms with Crippen molar-refractivity contribution in [1.29, 1.82) is 0 Å². The van der Waals surface area contributed by atoms with Crippen LogP contribution in [0.5, 0.6) is 11.5 Å². The maximum Gasteiger partial charge on any atom is 0.336 e. The van der Waals surface area contributed by atoms with Gasteiger partial charge in [-0.3, -0.25) is 0 Å². The van der Waals surface area contributed by atoms with Crippen molar-refractivity contribution >= 4 is 16.7 Å². The van der Waals surface area contributed by atoms with Crippen LogP contribution in [-0.2, 0) is 6.54 Å². The first-order valence-corrected chi connectivity index (χ1v) is 7.74. The highest BCUT2D eigenvalue weighted by molar-refractivity contribution is 5.85. The topological polar surface area (TPSA) is 51.9 Å². The van der Waals surface area contributed by atoms with Gasteiger partial charge in [0.25, 0.3) is 0 Å². The summed E-state index contributed by atoms with van der Waals surface area (Å²) in [5.74, 6) is 1.55. The minimum absolute atomic E-state index is 0.341. The molecule has 1 aromatic heterocycles. The molecule has 0 atom stereocenters. The van der Waals surface area contributed by atoms with Crippen molar-refractivity contribution in [1.82, 2.24) is 0 Å². The maximum atomic E-state index is 11.8. The molecule has 24 heavy (non-hydrogen) atoms. The van der Waals surface area contributed by atoms with Gasteiger partial charge in [0.05, 0.1) is 19.2 Å². The summed E-state index contributed by atoms with van der Waals surface area (Å²) >= 11 is 0. The van der Waals surface area contributed by atoms with Gasteiger partial charge >= 0.3 is 5.63 Å². The Morgan fingerprint density at radius 1 is 1.17 bits per heavy atom. The second-order valence-electron chi connectivity index (χ2n) is 5.84. The molecule has 2 aromatic carbocycles. The number of methoxy groups -OCH3 is 1. The predicted molar refractivity (Wildman–Crippen MR) is 91.9 cm³/mol. The van der Waals surface area contributed by atoms with Crippen LogP contribution in [0.15, 0.2) is 51.7 Å². The number of fused-ring (bicyclic) bond motifs is 3. The lowest BCUT2D eigenvalue weighted by Gasteiger charge is -2.31. The van der Waals surface area contributed by atoms with E-state index in [1.54, 1.807) is 7.11 Å². The van der Waals surface area contributed by atoms with E-state index in [1.165, 1.54) is 6.07 Å². The molecule has 0 unspecified atom stereocenters. The van der Waals surface area contributed by atoms with Gasteiger partial charge in [0.15, 0.2) is 6.73 Å². The fourth-order valence-electron chi connectivity index (χ4n) is 3.06. The van der Waals surface area contributed by atoms with Crippen molar-refractivity contribution in [3.63, 3.8) is 0 Å². The normalized spacial score (nSPS) is 13.5. The minimum Gasteiger partial charge on any atom is -0.497 e. The van der Waals surface area contributed by atoms with Crippen LogP contribution < -0.4 is 20.0 Å². The molecule has 0 radical (unpaired) electrons. The summed E-state index contributed by atoms with van der Waals surface area (Å²) in [6, 6.07) is 13.2. The number of aryl methyl sites for hydroxylation is 1. The number of ether oxygens (including phenoxy) is 2. The molecule has 0 bridgehead atoms. The Morgan fingerprint density at radius 3 is 2.88 bits per heavy atom. The van der Waals surface area contributed by atoms with E-state index in [-0.39, 0.29) is 5.63 Å². The average Bonchev–Trinajstić information content (AvgIpc) is 2.61. The monoisotopic (exact) mass is 323 g/mol. The fraction of sp³-hybridized carbons (Fsp3) is 0.211. The number of benzene rings is 2. The van der Waals surface area contributed by atoms with Gasteiger partial charge in [0.1, 0.15) is 17.1 Å². The lowest BCUT2D eigenvalue weighted by molar-refractivity contribution is 0.289. The molecule has 2 heterocycles. The standard InChI is InChI=1S/C19H17NO4/c1-12-8-18(21)24-19-15(12)6-7-17-16(19)10-20(11-23-17)13-4-3-5-14(9-13)22-2/h3-9H,10-11H2,1-2H3. The molecule has 0 amide bonds. The van der Waals surface area contributed by atoms with Crippen molar-refractivity contribution in [3.05, 3.63) is 64.0 Å². The van der Waals surface area contributed by atoms with Gasteiger partial charge in [-0.1, -0.05) is 6.07 Å². The maximum absolute atomic E-state index is 11.8. The first-order valence-electron chi connectivity index (χ1n) is 7.74. The zero-order chi connectivity index (χ0) is 16.7. The van der Waals surface area contributed by atoms with Crippen LogP contribution in [0.1, 0.15) is 11.1 Å². The molecular formula is C19H17NO4. The molecule has 0 spiro atoms. The summed E-state index contributed by atoms with van der Waals surface area (Å²) in [4.78, 5) is 13.9. The number of rotatable bonds is 2. The average molecular weight is 323 g/mol. The Labute approximate surface area is 139 Å². The highest BCUT2D eigenvalue weighted by atomic mass is 16.5. The van der Waals surface area contributed by atoms with E-state index in [2.05, 4.69) is 4.90 Å². The molecule has 0 aliphatic carbocycles. The molecule has 0 fully saturated rings. The van der Waals surface area contributed by atoms with Gasteiger partial charge in [-0.25, -0.2) is 4.79 Å². The number of nitrogens with zero attached hydrogens (tertiary/aromatic N) is 1. The van der Waals surface area contributed by atoms with E-state index >= 15 is 0 Å². The lowest BCUT2D eigenvalue weighted by atomic mass is 10.0. The third kappa shape index (κ3) is 2.38. The van der Waals surface area contributed by atoms with Gasteiger partial charge in [-0.2, -0.15) is 0 Å². The minimum atomic E-state index is -0.341. The number of hydrogen-bond acceptors (Lipinski definition) is 5. The molecule has 5 nitrogen and oxygen atoms in total. The SMILES string of the molecule is COc1cccc(N2COc3ccc4c(C)cc(=O)oc4c3C2)c1. The van der Waals surface area contributed by atoms with E-state index < -0.39 is 0 Å². The first kappa shape index (κ1) is 14.6. The molecule has 1 aliphatic heterocycles. The lowest BCUT2D eigenvalue weighted by Crippen LogP contribution is -2.32. The van der Waals surface area contributed by atoms with Crippen molar-refractivity contribution in [2.75, 3.05) is 18.7 Å². The van der Waals surface area contributed by atoms with Gasteiger partial charge in [0.2, 0.25) is 0 Å². The Bertz CT molecular complexity index is 977. The van der Waals surface area contributed by atoms with Crippen molar-refractivity contribution < 1.29 is 13.9 Å². The van der Waals surface area contributed by atoms with Crippen LogP contribution >= 0.6 is 0 Å². The van der Waals surface area contributed by atoms with Crippen molar-refractivity contribution in [2.24, 2.45) is 0 Å². The third-order valence-corrected chi connectivity index (χ3v) is 4.32. The summed E-state index contributed by atoms with van der Waals surface area (Å²) in [7, 11) is 1.64. The number of anilines is 1. The molecule has 122 valence electrons. The zero-order valence-corrected chi connectivity index (χ0v) is 13.5. The Balaban J connectivity index is 1.81. The summed E-state index contributed by atoms with van der Waals surface area (Å²) in [6.45, 7) is 2.95. The second kappa shape index (κ2) is 5.60. The van der Waals surface area contributed by atoms with Crippen LogP contribution in [0.2, 0.25) is 0 Å². The van der Waals surface area contributed by atoms with E-state index in [0.717, 1.165) is 33.7 Å². The molecule has 0 N–H and O–H groups in total. The van der Waals surface area contributed by atoms with Crippen molar-refractivity contribution in [2.45, 2.75) is 13.5 Å². The van der Waals surface area contributed by atoms with E-state index in [9.17, 15) is 4.79 Å². The first-order chi connectivity index (χ1) is 11.7. The Kier molecular flexibility index (Phi) is 3.41. The summed E-state index contributed by atoms with van der Waals surface area (Å²) in [5, 5.41) is 0.935. The van der Waals surface area contributed by atoms with Crippen LogP contribution in [0.25, 0.3) is 11.0 Å². The largest absolute Gasteiger partial charge is 0.497 e. The molecule has 5 heteroatoms. The molecule has 0 saturated carbocycles. The Morgan fingerprint density at radius 2 is 2.04 bits per heavy atom. The van der Waals surface area contributed by atoms with E-state index in [4.69, 9.17) is 13.9 Å². The Hall–Kier alpha value is -2.95. The van der Waals surface area contributed by atoms with Crippen LogP contribution in [0.3, 0.4) is 0 Å². The second-order valence-corrected chi connectivity index (χ2v) is 5.84. The van der Waals surface area contributed by atoms with Crippen molar-refractivity contribution in [3.8, 4) is 11.5 Å². The van der Waals surface area contributed by atoms with E-state index in [0.29, 0.717) is 18.9 Å². The summed E-state index contributed by atoms with van der Waals surface area (Å²) in [6.07, 6.45) is 0. The van der Waals surface area contributed by atoms with Gasteiger partial charge in [0, 0.05) is 23.2 Å². The molecule has 0 saturated heterocycles. The van der Waals surface area contributed by atoms with Gasteiger partial charge < -0.3 is 18.8 Å². The highest BCUT2D eigenvalue weighted by Gasteiger charge is 2.22. The van der Waals surface area contributed by atoms with E-state index in [1.807, 2.05) is 43.3 Å². The van der Waals surface area contributed by atoms with Gasteiger partial charge in [-0.05, 0) is 36.8 Å². The van der Waals surface area contributed by atoms with Crippen LogP contribution in [0, 0.1) is 6.92 Å².